The van der Waals surface area contributed by atoms with Gasteiger partial charge in [-0.25, -0.2) is 9.59 Å². The van der Waals surface area contributed by atoms with Gasteiger partial charge in [0.2, 0.25) is 0 Å². The molecular weight excluding hydrogens is 470 g/mol. The van der Waals surface area contributed by atoms with E-state index in [2.05, 4.69) is 27.8 Å². The number of para-hydroxylation sites is 1. The molecule has 0 bridgehead atoms. The predicted octanol–water partition coefficient (Wildman–Crippen LogP) is 4.64. The van der Waals surface area contributed by atoms with E-state index >= 15 is 0 Å². The smallest absolute Gasteiger partial charge is 0.411 e. The molecule has 9 nitrogen and oxygen atoms in total. The number of carbonyl (C=O) groups excluding carboxylic acids is 2. The minimum Gasteiger partial charge on any atom is -0.448 e. The van der Waals surface area contributed by atoms with E-state index in [1.807, 2.05) is 42.5 Å². The molecule has 0 saturated heterocycles. The number of carbonyl (C=O) groups is 2. The first-order valence-corrected chi connectivity index (χ1v) is 11.6. The van der Waals surface area contributed by atoms with Crippen LogP contribution in [0.5, 0.6) is 0 Å². The number of anilines is 2. The first kappa shape index (κ1) is 22.3. The van der Waals surface area contributed by atoms with Crippen molar-refractivity contribution in [2.45, 2.75) is 5.92 Å². The number of benzene rings is 4. The highest BCUT2D eigenvalue weighted by Gasteiger charge is 2.29. The Balaban J connectivity index is 1.15. The summed E-state index contributed by atoms with van der Waals surface area (Å²) in [6.45, 7) is 0.154. The van der Waals surface area contributed by atoms with E-state index in [0.29, 0.717) is 11.0 Å². The summed E-state index contributed by atoms with van der Waals surface area (Å²) in [5, 5.41) is 10.4. The minimum atomic E-state index is -0.689. The summed E-state index contributed by atoms with van der Waals surface area (Å²) in [6, 6.07) is 27.7. The Morgan fingerprint density at radius 2 is 1.57 bits per heavy atom. The summed E-state index contributed by atoms with van der Waals surface area (Å²) in [6.07, 6.45) is -0.679. The predicted molar refractivity (Wildman–Crippen MR) is 138 cm³/mol. The molecular formula is C28H21N5O4. The Bertz CT molecular complexity index is 1620. The molecule has 6 rings (SSSR count). The van der Waals surface area contributed by atoms with Crippen LogP contribution in [0.4, 0.5) is 16.2 Å². The summed E-state index contributed by atoms with van der Waals surface area (Å²) in [7, 11) is 0. The van der Waals surface area contributed by atoms with Crippen LogP contribution in [0.25, 0.3) is 22.2 Å². The Morgan fingerprint density at radius 3 is 2.32 bits per heavy atom. The third-order valence-electron chi connectivity index (χ3n) is 6.36. The van der Waals surface area contributed by atoms with E-state index in [9.17, 15) is 9.59 Å². The molecule has 1 aliphatic carbocycles. The molecule has 4 aromatic carbocycles. The monoisotopic (exact) mass is 491 g/mol. The van der Waals surface area contributed by atoms with E-state index in [-0.39, 0.29) is 29.5 Å². The zero-order valence-electron chi connectivity index (χ0n) is 19.5. The first-order chi connectivity index (χ1) is 18.1. The molecule has 0 fully saturated rings. The number of amides is 1. The second-order valence-corrected chi connectivity index (χ2v) is 8.58. The van der Waals surface area contributed by atoms with Crippen LogP contribution in [0.15, 0.2) is 91.0 Å². The molecule has 9 heteroatoms. The van der Waals surface area contributed by atoms with Crippen LogP contribution in [0.2, 0.25) is 0 Å². The molecule has 0 aliphatic heterocycles. The van der Waals surface area contributed by atoms with Gasteiger partial charge in [0.15, 0.2) is 0 Å². The molecule has 0 saturated carbocycles. The fraction of sp³-hybridized carbons (Fsp3) is 0.0714. The Morgan fingerprint density at radius 1 is 0.892 bits per heavy atom. The number of nitrogens with two attached hydrogens (primary N) is 1. The fourth-order valence-corrected chi connectivity index (χ4v) is 4.58. The summed E-state index contributed by atoms with van der Waals surface area (Å²) < 4.78 is 5.59. The van der Waals surface area contributed by atoms with Gasteiger partial charge in [-0.05, 0) is 57.8 Å². The molecule has 1 heterocycles. The zero-order valence-corrected chi connectivity index (χ0v) is 19.5. The van der Waals surface area contributed by atoms with Gasteiger partial charge in [0.25, 0.3) is 0 Å². The molecule has 37 heavy (non-hydrogen) atoms. The quantitative estimate of drug-likeness (QED) is 0.271. The van der Waals surface area contributed by atoms with E-state index in [1.54, 1.807) is 18.2 Å². The molecule has 1 aliphatic rings. The second kappa shape index (κ2) is 9.12. The number of ether oxygens (including phenoxy) is 1. The van der Waals surface area contributed by atoms with Crippen molar-refractivity contribution in [1.82, 2.24) is 15.2 Å². The van der Waals surface area contributed by atoms with E-state index in [4.69, 9.17) is 15.3 Å². The minimum absolute atomic E-state index is 0.0747. The van der Waals surface area contributed by atoms with Gasteiger partial charge in [-0.2, -0.15) is 0 Å². The van der Waals surface area contributed by atoms with Gasteiger partial charge < -0.3 is 15.3 Å². The third-order valence-corrected chi connectivity index (χ3v) is 6.36. The van der Waals surface area contributed by atoms with Gasteiger partial charge in [-0.3, -0.25) is 5.32 Å². The highest BCUT2D eigenvalue weighted by Crippen LogP contribution is 2.44. The Kier molecular flexibility index (Phi) is 5.49. The topological polar surface area (TPSA) is 121 Å². The average molecular weight is 492 g/mol. The van der Waals surface area contributed by atoms with Gasteiger partial charge >= 0.3 is 12.1 Å². The molecule has 5 aromatic rings. The van der Waals surface area contributed by atoms with Crippen LogP contribution in [0.1, 0.15) is 27.4 Å². The van der Waals surface area contributed by atoms with Gasteiger partial charge in [0.1, 0.15) is 17.6 Å². The van der Waals surface area contributed by atoms with Gasteiger partial charge in [-0.1, -0.05) is 65.5 Å². The maximum Gasteiger partial charge on any atom is 0.411 e. The number of fused-ring (bicyclic) bond motifs is 4. The van der Waals surface area contributed by atoms with Crippen molar-refractivity contribution >= 4 is 34.5 Å². The normalized spacial score (nSPS) is 12.1. The second-order valence-electron chi connectivity index (χ2n) is 8.58. The maximum atomic E-state index is 12.7. The van der Waals surface area contributed by atoms with Crippen LogP contribution >= 0.6 is 0 Å². The number of hydrogen-bond acceptors (Lipinski definition) is 7. The average Bonchev–Trinajstić information content (AvgIpc) is 3.47. The van der Waals surface area contributed by atoms with Gasteiger partial charge in [-0.15, -0.1) is 5.10 Å². The first-order valence-electron chi connectivity index (χ1n) is 11.6. The molecule has 0 radical (unpaired) electrons. The van der Waals surface area contributed by atoms with Crippen LogP contribution in [-0.2, 0) is 4.74 Å². The van der Waals surface area contributed by atoms with Crippen molar-refractivity contribution in [3.05, 3.63) is 108 Å². The molecule has 0 unspecified atom stereocenters. The van der Waals surface area contributed by atoms with E-state index in [1.165, 1.54) is 18.2 Å². The lowest BCUT2D eigenvalue weighted by Crippen LogP contribution is -2.22. The molecule has 0 spiro atoms. The molecule has 3 N–H and O–H groups in total. The van der Waals surface area contributed by atoms with E-state index < -0.39 is 12.1 Å². The highest BCUT2D eigenvalue weighted by molar-refractivity contribution is 5.96. The lowest BCUT2D eigenvalue weighted by molar-refractivity contribution is 0.0409. The van der Waals surface area contributed by atoms with Crippen molar-refractivity contribution in [2.24, 2.45) is 0 Å². The van der Waals surface area contributed by atoms with Crippen molar-refractivity contribution in [3.63, 3.8) is 0 Å². The molecule has 0 atom stereocenters. The highest BCUT2D eigenvalue weighted by atomic mass is 16.7. The summed E-state index contributed by atoms with van der Waals surface area (Å²) >= 11 is 0. The molecule has 182 valence electrons. The van der Waals surface area contributed by atoms with Crippen LogP contribution in [0.3, 0.4) is 0 Å². The number of nitrogens with one attached hydrogen (secondary N) is 1. The van der Waals surface area contributed by atoms with Gasteiger partial charge in [0.05, 0.1) is 16.9 Å². The van der Waals surface area contributed by atoms with E-state index in [0.717, 1.165) is 27.1 Å². The fourth-order valence-electron chi connectivity index (χ4n) is 4.58. The van der Waals surface area contributed by atoms with Crippen LogP contribution < -0.4 is 15.9 Å². The van der Waals surface area contributed by atoms with Crippen molar-refractivity contribution in [2.75, 3.05) is 17.7 Å². The maximum absolute atomic E-state index is 12.7. The lowest BCUT2D eigenvalue weighted by atomic mass is 9.98. The molecule has 1 amide bonds. The van der Waals surface area contributed by atoms with Crippen molar-refractivity contribution < 1.29 is 19.2 Å². The number of rotatable bonds is 5. The number of aromatic nitrogens is 3. The zero-order chi connectivity index (χ0) is 25.4. The lowest BCUT2D eigenvalue weighted by Gasteiger charge is -2.15. The van der Waals surface area contributed by atoms with Crippen LogP contribution in [-0.4, -0.2) is 33.8 Å². The standard InChI is InChI=1S/C28H21N5O4/c29-23-14-13-17(27(34)37-33-26-12-6-5-11-24(26)31-32-33)15-25(23)30-28(35)36-16-22-20-9-3-1-7-18(20)19-8-2-4-10-21(19)22/h1-15,22H,16,29H2,(H,30,35). The van der Waals surface area contributed by atoms with Crippen molar-refractivity contribution in [3.8, 4) is 11.1 Å². The third kappa shape index (κ3) is 4.12. The molecule has 1 aromatic heterocycles. The SMILES string of the molecule is Nc1ccc(C(=O)On2nnc3ccccc32)cc1NC(=O)OCC1c2ccccc2-c2ccccc21. The number of hydrogen-bond donors (Lipinski definition) is 2. The Labute approximate surface area is 211 Å². The summed E-state index contributed by atoms with van der Waals surface area (Å²) in [5.74, 6) is -0.763. The number of nitrogens with zero attached hydrogens (tertiary/aromatic N) is 3. The van der Waals surface area contributed by atoms with Gasteiger partial charge in [0, 0.05) is 5.92 Å². The number of nitrogen functional groups attached to an aromatic ring is 1. The van der Waals surface area contributed by atoms with Crippen LogP contribution in [0, 0.1) is 0 Å². The summed E-state index contributed by atoms with van der Waals surface area (Å²) in [5.41, 5.74) is 12.4. The van der Waals surface area contributed by atoms with Crippen molar-refractivity contribution in [1.29, 1.82) is 0 Å². The Hall–Kier alpha value is -5.18. The summed E-state index contributed by atoms with van der Waals surface area (Å²) in [4.78, 5) is 31.8. The largest absolute Gasteiger partial charge is 0.448 e.